The van der Waals surface area contributed by atoms with Gasteiger partial charge in [-0.1, -0.05) is 56.6 Å². The van der Waals surface area contributed by atoms with E-state index in [1.807, 2.05) is 12.1 Å². The molecule has 0 atom stereocenters. The summed E-state index contributed by atoms with van der Waals surface area (Å²) in [4.78, 5) is 17.8. The van der Waals surface area contributed by atoms with Crippen LogP contribution in [0.25, 0.3) is 0 Å². The Morgan fingerprint density at radius 2 is 1.62 bits per heavy atom. The maximum Gasteiger partial charge on any atom is 0.254 e. The number of amides is 1. The van der Waals surface area contributed by atoms with Crippen LogP contribution in [-0.4, -0.2) is 53.6 Å². The second-order valence-corrected chi connectivity index (χ2v) is 11.5. The average Bonchev–Trinajstić information content (AvgIpc) is 2.81. The van der Waals surface area contributed by atoms with Crippen LogP contribution in [0.1, 0.15) is 80.3 Å². The van der Waals surface area contributed by atoms with Gasteiger partial charge in [-0.3, -0.25) is 4.79 Å². The zero-order chi connectivity index (χ0) is 24.7. The van der Waals surface area contributed by atoms with E-state index in [0.717, 1.165) is 57.3 Å². The summed E-state index contributed by atoms with van der Waals surface area (Å²) in [5, 5.41) is 9.67. The lowest BCUT2D eigenvalue weighted by Crippen LogP contribution is -2.46. The molecule has 4 nitrogen and oxygen atoms in total. The van der Waals surface area contributed by atoms with Crippen molar-refractivity contribution in [2.75, 3.05) is 26.7 Å². The molecule has 3 rings (SSSR count). The molecule has 34 heavy (non-hydrogen) atoms. The van der Waals surface area contributed by atoms with E-state index in [-0.39, 0.29) is 24.0 Å². The van der Waals surface area contributed by atoms with Crippen LogP contribution >= 0.6 is 11.6 Å². The number of aliphatic hydroxyl groups excluding tert-OH is 1. The molecule has 1 aliphatic rings. The summed E-state index contributed by atoms with van der Waals surface area (Å²) in [6.07, 6.45) is 5.09. The van der Waals surface area contributed by atoms with Crippen molar-refractivity contribution < 1.29 is 9.90 Å². The smallest absolute Gasteiger partial charge is 0.254 e. The maximum atomic E-state index is 13.4. The normalized spacial score (nSPS) is 18.8. The van der Waals surface area contributed by atoms with Gasteiger partial charge in [0.1, 0.15) is 0 Å². The molecule has 2 aromatic rings. The molecule has 2 aromatic carbocycles. The van der Waals surface area contributed by atoms with Crippen LogP contribution in [0.4, 0.5) is 0 Å². The van der Waals surface area contributed by atoms with Gasteiger partial charge in [0.25, 0.3) is 5.91 Å². The van der Waals surface area contributed by atoms with Crippen LogP contribution in [0, 0.1) is 5.41 Å². The SMILES string of the molecule is CN(CCCO)Cc1ccc([C@H]2CC[C@H](N(CC(C)(C)C)C(=O)c3ccc(Cl)cc3)CC2)cc1. The summed E-state index contributed by atoms with van der Waals surface area (Å²) in [6.45, 7) is 9.40. The Morgan fingerprint density at radius 3 is 2.18 bits per heavy atom. The van der Waals surface area contributed by atoms with Crippen molar-refractivity contribution in [3.63, 3.8) is 0 Å². The third kappa shape index (κ3) is 7.83. The largest absolute Gasteiger partial charge is 0.396 e. The Kier molecular flexibility index (Phi) is 9.58. The number of carbonyl (C=O) groups is 1. The minimum absolute atomic E-state index is 0.0408. The quantitative estimate of drug-likeness (QED) is 0.449. The van der Waals surface area contributed by atoms with E-state index in [1.54, 1.807) is 12.1 Å². The Balaban J connectivity index is 1.62. The average molecular weight is 485 g/mol. The molecule has 0 aliphatic heterocycles. The molecule has 1 saturated carbocycles. The first-order valence-corrected chi connectivity index (χ1v) is 13.0. The van der Waals surface area contributed by atoms with Gasteiger partial charge in [-0.25, -0.2) is 0 Å². The summed E-state index contributed by atoms with van der Waals surface area (Å²) >= 11 is 6.04. The van der Waals surface area contributed by atoms with E-state index in [2.05, 4.69) is 61.9 Å². The number of nitrogens with zero attached hydrogens (tertiary/aromatic N) is 2. The van der Waals surface area contributed by atoms with Gasteiger partial charge >= 0.3 is 0 Å². The molecule has 0 bridgehead atoms. The van der Waals surface area contributed by atoms with Crippen LogP contribution in [0.5, 0.6) is 0 Å². The molecule has 0 spiro atoms. The standard InChI is InChI=1S/C29H41ClN2O2/c1-29(2,3)21-32(28(34)25-10-14-26(30)15-11-25)27-16-12-24(13-17-27)23-8-6-22(7-9-23)20-31(4)18-5-19-33/h6-11,14-15,24,27,33H,5,12-13,16-21H2,1-4H3/t24-,27-. The summed E-state index contributed by atoms with van der Waals surface area (Å²) in [5.41, 5.74) is 3.48. The van der Waals surface area contributed by atoms with E-state index >= 15 is 0 Å². The number of rotatable bonds is 9. The number of benzene rings is 2. The zero-order valence-corrected chi connectivity index (χ0v) is 22.0. The van der Waals surface area contributed by atoms with Crippen LogP contribution in [0.15, 0.2) is 48.5 Å². The third-order valence-electron chi connectivity index (χ3n) is 6.74. The van der Waals surface area contributed by atoms with Crippen molar-refractivity contribution in [3.05, 3.63) is 70.2 Å². The van der Waals surface area contributed by atoms with Gasteiger partial charge in [-0.2, -0.15) is 0 Å². The van der Waals surface area contributed by atoms with E-state index < -0.39 is 0 Å². The first-order valence-electron chi connectivity index (χ1n) is 12.6. The number of aliphatic hydroxyl groups is 1. The van der Waals surface area contributed by atoms with Crippen LogP contribution in [0.2, 0.25) is 5.02 Å². The Hall–Kier alpha value is -1.88. The van der Waals surface area contributed by atoms with Crippen LogP contribution < -0.4 is 0 Å². The fourth-order valence-corrected chi connectivity index (χ4v) is 5.11. The van der Waals surface area contributed by atoms with Crippen molar-refractivity contribution in [3.8, 4) is 0 Å². The van der Waals surface area contributed by atoms with Crippen LogP contribution in [0.3, 0.4) is 0 Å². The Bertz CT molecular complexity index is 897. The summed E-state index contributed by atoms with van der Waals surface area (Å²) < 4.78 is 0. The fourth-order valence-electron chi connectivity index (χ4n) is 4.98. The minimum Gasteiger partial charge on any atom is -0.396 e. The highest BCUT2D eigenvalue weighted by Crippen LogP contribution is 2.36. The summed E-state index contributed by atoms with van der Waals surface area (Å²) in [6, 6.07) is 16.6. The molecule has 1 fully saturated rings. The predicted molar refractivity (Wildman–Crippen MR) is 141 cm³/mol. The topological polar surface area (TPSA) is 43.8 Å². The molecule has 0 radical (unpaired) electrons. The Morgan fingerprint density at radius 1 is 1.00 bits per heavy atom. The highest BCUT2D eigenvalue weighted by molar-refractivity contribution is 6.30. The van der Waals surface area contributed by atoms with Gasteiger partial charge in [-0.15, -0.1) is 0 Å². The molecule has 5 heteroatoms. The highest BCUT2D eigenvalue weighted by atomic mass is 35.5. The van der Waals surface area contributed by atoms with E-state index in [4.69, 9.17) is 16.7 Å². The van der Waals surface area contributed by atoms with Gasteiger partial charge in [0.2, 0.25) is 0 Å². The van der Waals surface area contributed by atoms with Crippen molar-refractivity contribution in [1.82, 2.24) is 9.80 Å². The van der Waals surface area contributed by atoms with E-state index in [0.29, 0.717) is 10.9 Å². The number of halogens is 1. The molecular weight excluding hydrogens is 444 g/mol. The Labute approximate surface area is 210 Å². The second kappa shape index (κ2) is 12.2. The van der Waals surface area contributed by atoms with E-state index in [9.17, 15) is 4.79 Å². The third-order valence-corrected chi connectivity index (χ3v) is 6.99. The molecule has 1 N–H and O–H groups in total. The molecule has 1 amide bonds. The van der Waals surface area contributed by atoms with Gasteiger partial charge in [0, 0.05) is 42.9 Å². The molecular formula is C29H41ClN2O2. The summed E-state index contributed by atoms with van der Waals surface area (Å²) in [5.74, 6) is 0.671. The van der Waals surface area contributed by atoms with Crippen molar-refractivity contribution in [2.45, 2.75) is 71.4 Å². The predicted octanol–water partition coefficient (Wildman–Crippen LogP) is 6.37. The maximum absolute atomic E-state index is 13.4. The molecule has 0 aromatic heterocycles. The lowest BCUT2D eigenvalue weighted by atomic mass is 9.80. The van der Waals surface area contributed by atoms with Crippen molar-refractivity contribution >= 4 is 17.5 Å². The van der Waals surface area contributed by atoms with Gasteiger partial charge < -0.3 is 14.9 Å². The van der Waals surface area contributed by atoms with Gasteiger partial charge in [0.15, 0.2) is 0 Å². The lowest BCUT2D eigenvalue weighted by Gasteiger charge is -2.40. The monoisotopic (exact) mass is 484 g/mol. The summed E-state index contributed by atoms with van der Waals surface area (Å²) in [7, 11) is 2.10. The first kappa shape index (κ1) is 26.7. The van der Waals surface area contributed by atoms with Crippen LogP contribution in [-0.2, 0) is 6.54 Å². The molecule has 0 heterocycles. The molecule has 186 valence electrons. The minimum atomic E-state index is 0.0408. The second-order valence-electron chi connectivity index (χ2n) is 11.1. The van der Waals surface area contributed by atoms with E-state index in [1.165, 1.54) is 11.1 Å². The number of hydrogen-bond donors (Lipinski definition) is 1. The van der Waals surface area contributed by atoms with Crippen molar-refractivity contribution in [2.24, 2.45) is 5.41 Å². The first-order chi connectivity index (χ1) is 16.2. The zero-order valence-electron chi connectivity index (χ0n) is 21.3. The number of hydrogen-bond acceptors (Lipinski definition) is 3. The molecule has 0 saturated heterocycles. The van der Waals surface area contributed by atoms with Crippen molar-refractivity contribution in [1.29, 1.82) is 0 Å². The molecule has 1 aliphatic carbocycles. The number of carbonyl (C=O) groups excluding carboxylic acids is 1. The highest BCUT2D eigenvalue weighted by Gasteiger charge is 2.32. The molecule has 0 unspecified atom stereocenters. The fraction of sp³-hybridized carbons (Fsp3) is 0.552. The van der Waals surface area contributed by atoms with Gasteiger partial charge in [0.05, 0.1) is 0 Å². The lowest BCUT2D eigenvalue weighted by molar-refractivity contribution is 0.0534. The van der Waals surface area contributed by atoms with Gasteiger partial charge in [-0.05, 0) is 85.9 Å².